The standard InChI is InChI=1S/C22H24N4O3S2/c1-14(2)16-8-10-18(11-9-16)24-21-25-26-22(31-21)30-13-19(27)23-12-15-4-6-17(7-5-15)20(28)29-3/h4-11,14H,12-13H2,1-3H3,(H,23,27)(H,24,25). The summed E-state index contributed by atoms with van der Waals surface area (Å²) >= 11 is 2.75. The second kappa shape index (κ2) is 10.9. The van der Waals surface area contributed by atoms with E-state index in [1.54, 1.807) is 24.3 Å². The van der Waals surface area contributed by atoms with Crippen LogP contribution in [0, 0.1) is 0 Å². The van der Waals surface area contributed by atoms with Crippen molar-refractivity contribution in [3.63, 3.8) is 0 Å². The van der Waals surface area contributed by atoms with Crippen molar-refractivity contribution in [2.75, 3.05) is 18.2 Å². The number of hydrogen-bond donors (Lipinski definition) is 2. The Hall–Kier alpha value is -2.91. The molecule has 0 aliphatic heterocycles. The van der Waals surface area contributed by atoms with Gasteiger partial charge in [-0.15, -0.1) is 10.2 Å². The minimum atomic E-state index is -0.384. The first-order chi connectivity index (χ1) is 14.9. The molecule has 1 heterocycles. The number of carbonyl (C=O) groups excluding carboxylic acids is 2. The Morgan fingerprint density at radius 2 is 1.77 bits per heavy atom. The second-order valence-corrected chi connectivity index (χ2v) is 9.23. The van der Waals surface area contributed by atoms with E-state index in [1.165, 1.54) is 35.8 Å². The smallest absolute Gasteiger partial charge is 0.337 e. The summed E-state index contributed by atoms with van der Waals surface area (Å²) in [6.07, 6.45) is 0. The Morgan fingerprint density at radius 3 is 2.42 bits per heavy atom. The van der Waals surface area contributed by atoms with Gasteiger partial charge in [0.1, 0.15) is 0 Å². The minimum Gasteiger partial charge on any atom is -0.465 e. The van der Waals surface area contributed by atoms with Gasteiger partial charge < -0.3 is 15.4 Å². The number of hydrogen-bond acceptors (Lipinski definition) is 8. The Balaban J connectivity index is 1.43. The maximum absolute atomic E-state index is 12.1. The van der Waals surface area contributed by atoms with Crippen molar-refractivity contribution in [1.82, 2.24) is 15.5 Å². The molecule has 3 aromatic rings. The average Bonchev–Trinajstić information content (AvgIpc) is 3.23. The third kappa shape index (κ3) is 6.80. The van der Waals surface area contributed by atoms with Crippen LogP contribution < -0.4 is 10.6 Å². The second-order valence-electron chi connectivity index (χ2n) is 7.03. The summed E-state index contributed by atoms with van der Waals surface area (Å²) in [5, 5.41) is 15.0. The SMILES string of the molecule is COC(=O)c1ccc(CNC(=O)CSc2nnc(Nc3ccc(C(C)C)cc3)s2)cc1. The molecule has 7 nitrogen and oxygen atoms in total. The van der Waals surface area contributed by atoms with E-state index in [0.717, 1.165) is 15.6 Å². The van der Waals surface area contributed by atoms with Crippen LogP contribution in [0.4, 0.5) is 10.8 Å². The first-order valence-corrected chi connectivity index (χ1v) is 11.5. The number of nitrogens with one attached hydrogen (secondary N) is 2. The summed E-state index contributed by atoms with van der Waals surface area (Å²) < 4.78 is 5.39. The molecule has 0 spiro atoms. The number of esters is 1. The van der Waals surface area contributed by atoms with Crippen LogP contribution in [0.2, 0.25) is 0 Å². The summed E-state index contributed by atoms with van der Waals surface area (Å²) in [6.45, 7) is 4.71. The van der Waals surface area contributed by atoms with Crippen molar-refractivity contribution in [3.05, 3.63) is 65.2 Å². The fourth-order valence-electron chi connectivity index (χ4n) is 2.65. The lowest BCUT2D eigenvalue weighted by molar-refractivity contribution is -0.118. The van der Waals surface area contributed by atoms with Crippen molar-refractivity contribution >= 4 is 45.8 Å². The first-order valence-electron chi connectivity index (χ1n) is 9.72. The number of carbonyl (C=O) groups is 2. The van der Waals surface area contributed by atoms with E-state index in [2.05, 4.69) is 51.5 Å². The molecule has 9 heteroatoms. The summed E-state index contributed by atoms with van der Waals surface area (Å²) in [5.74, 6) is 0.253. The van der Waals surface area contributed by atoms with Gasteiger partial charge >= 0.3 is 5.97 Å². The summed E-state index contributed by atoms with van der Waals surface area (Å²) in [6, 6.07) is 15.2. The Morgan fingerprint density at radius 1 is 1.06 bits per heavy atom. The largest absolute Gasteiger partial charge is 0.465 e. The predicted octanol–water partition coefficient (Wildman–Crippen LogP) is 4.60. The highest BCUT2D eigenvalue weighted by Crippen LogP contribution is 2.28. The molecule has 162 valence electrons. The number of methoxy groups -OCH3 is 1. The number of rotatable bonds is 9. The fraction of sp³-hybridized carbons (Fsp3) is 0.273. The van der Waals surface area contributed by atoms with Gasteiger partial charge in [0.15, 0.2) is 4.34 Å². The monoisotopic (exact) mass is 456 g/mol. The van der Waals surface area contributed by atoms with E-state index in [-0.39, 0.29) is 17.6 Å². The summed E-state index contributed by atoms with van der Waals surface area (Å²) in [7, 11) is 1.34. The van der Waals surface area contributed by atoms with Gasteiger partial charge in [-0.3, -0.25) is 4.79 Å². The van der Waals surface area contributed by atoms with Crippen LogP contribution in [0.15, 0.2) is 52.9 Å². The molecule has 0 unspecified atom stereocenters. The molecule has 3 rings (SSSR count). The molecule has 1 aromatic heterocycles. The lowest BCUT2D eigenvalue weighted by atomic mass is 10.0. The van der Waals surface area contributed by atoms with Crippen LogP contribution in [-0.4, -0.2) is 34.9 Å². The zero-order valence-corrected chi connectivity index (χ0v) is 19.2. The summed E-state index contributed by atoms with van der Waals surface area (Å²) in [5.41, 5.74) is 3.61. The molecule has 2 N–H and O–H groups in total. The molecule has 0 saturated heterocycles. The Kier molecular flexibility index (Phi) is 8.02. The average molecular weight is 457 g/mol. The molecule has 0 fully saturated rings. The molecule has 1 amide bonds. The van der Waals surface area contributed by atoms with E-state index in [0.29, 0.717) is 23.2 Å². The molecule has 0 aliphatic rings. The lowest BCUT2D eigenvalue weighted by Crippen LogP contribution is -2.24. The van der Waals surface area contributed by atoms with Crippen LogP contribution >= 0.6 is 23.1 Å². The molecular weight excluding hydrogens is 432 g/mol. The van der Waals surface area contributed by atoms with Crippen molar-refractivity contribution in [1.29, 1.82) is 0 Å². The Bertz CT molecular complexity index is 1020. The first kappa shape index (κ1) is 22.8. The lowest BCUT2D eigenvalue weighted by Gasteiger charge is -2.06. The van der Waals surface area contributed by atoms with Gasteiger partial charge in [0.2, 0.25) is 11.0 Å². The highest BCUT2D eigenvalue weighted by Gasteiger charge is 2.10. The van der Waals surface area contributed by atoms with Crippen molar-refractivity contribution in [3.8, 4) is 0 Å². The van der Waals surface area contributed by atoms with E-state index in [1.807, 2.05) is 12.1 Å². The van der Waals surface area contributed by atoms with Crippen LogP contribution in [0.3, 0.4) is 0 Å². The maximum Gasteiger partial charge on any atom is 0.337 e. The number of amides is 1. The topological polar surface area (TPSA) is 93.2 Å². The maximum atomic E-state index is 12.1. The fourth-order valence-corrected chi connectivity index (χ4v) is 4.25. The van der Waals surface area contributed by atoms with E-state index in [9.17, 15) is 9.59 Å². The van der Waals surface area contributed by atoms with Crippen molar-refractivity contribution in [2.45, 2.75) is 30.6 Å². The molecular formula is C22H24N4O3S2. The molecule has 0 aliphatic carbocycles. The van der Waals surface area contributed by atoms with E-state index >= 15 is 0 Å². The third-order valence-corrected chi connectivity index (χ3v) is 6.40. The van der Waals surface area contributed by atoms with Gasteiger partial charge in [0.25, 0.3) is 0 Å². The van der Waals surface area contributed by atoms with Crippen molar-refractivity contribution < 1.29 is 14.3 Å². The van der Waals surface area contributed by atoms with E-state index in [4.69, 9.17) is 0 Å². The van der Waals surface area contributed by atoms with Crippen LogP contribution in [-0.2, 0) is 16.1 Å². The summed E-state index contributed by atoms with van der Waals surface area (Å²) in [4.78, 5) is 23.6. The zero-order chi connectivity index (χ0) is 22.2. The number of benzene rings is 2. The minimum absolute atomic E-state index is 0.101. The van der Waals surface area contributed by atoms with Gasteiger partial charge in [0, 0.05) is 12.2 Å². The number of nitrogens with zero attached hydrogens (tertiary/aromatic N) is 2. The molecule has 31 heavy (non-hydrogen) atoms. The molecule has 2 aromatic carbocycles. The predicted molar refractivity (Wildman–Crippen MR) is 124 cm³/mol. The molecule has 0 atom stereocenters. The highest BCUT2D eigenvalue weighted by atomic mass is 32.2. The van der Waals surface area contributed by atoms with Gasteiger partial charge in [-0.1, -0.05) is 61.2 Å². The number of anilines is 2. The molecule has 0 saturated carbocycles. The number of aromatic nitrogens is 2. The normalized spacial score (nSPS) is 10.7. The molecule has 0 bridgehead atoms. The third-order valence-electron chi connectivity index (χ3n) is 4.43. The van der Waals surface area contributed by atoms with Gasteiger partial charge in [-0.05, 0) is 41.3 Å². The van der Waals surface area contributed by atoms with Crippen LogP contribution in [0.25, 0.3) is 0 Å². The quantitative estimate of drug-likeness (QED) is 0.359. The van der Waals surface area contributed by atoms with Crippen molar-refractivity contribution in [2.24, 2.45) is 0 Å². The molecule has 0 radical (unpaired) electrons. The highest BCUT2D eigenvalue weighted by molar-refractivity contribution is 8.01. The van der Waals surface area contributed by atoms with Gasteiger partial charge in [0.05, 0.1) is 18.4 Å². The number of ether oxygens (including phenoxy) is 1. The van der Waals surface area contributed by atoms with Crippen LogP contribution in [0.1, 0.15) is 41.3 Å². The Labute approximate surface area is 189 Å². The van der Waals surface area contributed by atoms with E-state index < -0.39 is 0 Å². The number of thioether (sulfide) groups is 1. The van der Waals surface area contributed by atoms with Gasteiger partial charge in [-0.2, -0.15) is 0 Å². The van der Waals surface area contributed by atoms with Gasteiger partial charge in [-0.25, -0.2) is 4.79 Å². The van der Waals surface area contributed by atoms with Crippen LogP contribution in [0.5, 0.6) is 0 Å². The zero-order valence-electron chi connectivity index (χ0n) is 17.5.